The van der Waals surface area contributed by atoms with E-state index in [2.05, 4.69) is 17.5 Å². The molecule has 0 saturated heterocycles. The number of amides is 1. The molecular weight excluding hydrogens is 248 g/mol. The van der Waals surface area contributed by atoms with Crippen LogP contribution in [0.3, 0.4) is 0 Å². The van der Waals surface area contributed by atoms with Gasteiger partial charge in [-0.25, -0.2) is 5.43 Å². The van der Waals surface area contributed by atoms with Crippen molar-refractivity contribution >= 4 is 11.6 Å². The van der Waals surface area contributed by atoms with Crippen LogP contribution in [0.5, 0.6) is 0 Å². The molecule has 20 heavy (non-hydrogen) atoms. The number of fused-ring (bicyclic) bond motifs is 2. The summed E-state index contributed by atoms with van der Waals surface area (Å²) in [6.45, 7) is 4.07. The number of carbonyl (C=O) groups is 1. The van der Waals surface area contributed by atoms with Gasteiger partial charge in [0.25, 0.3) is 5.91 Å². The van der Waals surface area contributed by atoms with Gasteiger partial charge >= 0.3 is 0 Å². The summed E-state index contributed by atoms with van der Waals surface area (Å²) in [5.74, 6) is 2.18. The fourth-order valence-corrected chi connectivity index (χ4v) is 3.75. The van der Waals surface area contributed by atoms with E-state index in [1.807, 2.05) is 31.2 Å². The Morgan fingerprint density at radius 3 is 2.55 bits per heavy atom. The maximum absolute atomic E-state index is 12.0. The molecular formula is C17H22N2O. The van der Waals surface area contributed by atoms with Crippen LogP contribution in [0.15, 0.2) is 29.4 Å². The van der Waals surface area contributed by atoms with Crippen LogP contribution in [0, 0.1) is 24.7 Å². The predicted octanol–water partition coefficient (Wildman–Crippen LogP) is 3.54. The molecule has 106 valence electrons. The molecule has 1 aromatic rings. The summed E-state index contributed by atoms with van der Waals surface area (Å²) >= 11 is 0. The summed E-state index contributed by atoms with van der Waals surface area (Å²) in [6.07, 6.45) is 5.36. The second-order valence-corrected chi connectivity index (χ2v) is 6.34. The standard InChI is InChI=1S/C17H22N2O/c1-11-3-6-14(7-4-11)17(20)19-18-12(2)16-10-13-5-8-15(16)9-13/h3-4,6-7,13,15-16H,5,8-10H2,1-2H3,(H,19,20). The molecule has 2 saturated carbocycles. The molecule has 2 fully saturated rings. The number of hydrogen-bond acceptors (Lipinski definition) is 2. The largest absolute Gasteiger partial charge is 0.271 e. The number of hydrazone groups is 1. The molecule has 3 nitrogen and oxygen atoms in total. The van der Waals surface area contributed by atoms with E-state index >= 15 is 0 Å². The topological polar surface area (TPSA) is 41.5 Å². The highest BCUT2D eigenvalue weighted by molar-refractivity contribution is 5.95. The van der Waals surface area contributed by atoms with Gasteiger partial charge in [-0.3, -0.25) is 4.79 Å². The first-order chi connectivity index (χ1) is 9.63. The third-order valence-corrected chi connectivity index (χ3v) is 4.92. The summed E-state index contributed by atoms with van der Waals surface area (Å²) in [4.78, 5) is 12.0. The maximum Gasteiger partial charge on any atom is 0.271 e. The van der Waals surface area contributed by atoms with Crippen molar-refractivity contribution in [2.75, 3.05) is 0 Å². The van der Waals surface area contributed by atoms with Gasteiger partial charge in [-0.2, -0.15) is 5.10 Å². The van der Waals surface area contributed by atoms with Gasteiger partial charge in [0.1, 0.15) is 0 Å². The zero-order valence-electron chi connectivity index (χ0n) is 12.2. The van der Waals surface area contributed by atoms with Crippen molar-refractivity contribution < 1.29 is 4.79 Å². The highest BCUT2D eigenvalue weighted by Gasteiger charge is 2.40. The molecule has 0 spiro atoms. The van der Waals surface area contributed by atoms with Crippen LogP contribution in [-0.4, -0.2) is 11.6 Å². The van der Waals surface area contributed by atoms with Crippen LogP contribution in [0.2, 0.25) is 0 Å². The molecule has 3 rings (SSSR count). The third-order valence-electron chi connectivity index (χ3n) is 4.92. The summed E-state index contributed by atoms with van der Waals surface area (Å²) in [5, 5.41) is 4.34. The summed E-state index contributed by atoms with van der Waals surface area (Å²) in [6, 6.07) is 7.57. The Kier molecular flexibility index (Phi) is 3.60. The minimum absolute atomic E-state index is 0.118. The Morgan fingerprint density at radius 1 is 1.20 bits per heavy atom. The first kappa shape index (κ1) is 13.3. The lowest BCUT2D eigenvalue weighted by Crippen LogP contribution is -2.24. The Hall–Kier alpha value is -1.64. The molecule has 0 aromatic heterocycles. The van der Waals surface area contributed by atoms with Crippen molar-refractivity contribution in [2.45, 2.75) is 39.5 Å². The van der Waals surface area contributed by atoms with Crippen molar-refractivity contribution in [3.63, 3.8) is 0 Å². The number of rotatable bonds is 3. The summed E-state index contributed by atoms with van der Waals surface area (Å²) in [5.41, 5.74) is 5.62. The Balaban J connectivity index is 1.61. The van der Waals surface area contributed by atoms with Gasteiger partial charge < -0.3 is 0 Å². The number of nitrogens with one attached hydrogen (secondary N) is 1. The van der Waals surface area contributed by atoms with Crippen LogP contribution in [0.4, 0.5) is 0 Å². The summed E-state index contributed by atoms with van der Waals surface area (Å²) in [7, 11) is 0. The van der Waals surface area contributed by atoms with Crippen LogP contribution in [-0.2, 0) is 0 Å². The fraction of sp³-hybridized carbons (Fsp3) is 0.529. The molecule has 2 aliphatic rings. The normalized spacial score (nSPS) is 28.7. The zero-order valence-corrected chi connectivity index (χ0v) is 12.2. The van der Waals surface area contributed by atoms with E-state index in [9.17, 15) is 4.79 Å². The molecule has 1 N–H and O–H groups in total. The lowest BCUT2D eigenvalue weighted by atomic mass is 9.86. The van der Waals surface area contributed by atoms with Crippen LogP contribution in [0.1, 0.15) is 48.5 Å². The lowest BCUT2D eigenvalue weighted by molar-refractivity contribution is 0.0954. The number of carbonyl (C=O) groups excluding carboxylic acids is 1. The van der Waals surface area contributed by atoms with E-state index in [1.54, 1.807) is 0 Å². The van der Waals surface area contributed by atoms with E-state index in [0.717, 1.165) is 23.1 Å². The van der Waals surface area contributed by atoms with Gasteiger partial charge in [-0.1, -0.05) is 24.1 Å². The molecule has 3 atom stereocenters. The number of aryl methyl sites for hydroxylation is 1. The minimum atomic E-state index is -0.118. The second-order valence-electron chi connectivity index (χ2n) is 6.34. The molecule has 2 aliphatic carbocycles. The van der Waals surface area contributed by atoms with E-state index in [4.69, 9.17) is 0 Å². The monoisotopic (exact) mass is 270 g/mol. The van der Waals surface area contributed by atoms with Gasteiger partial charge in [-0.15, -0.1) is 0 Å². The zero-order chi connectivity index (χ0) is 14.1. The highest BCUT2D eigenvalue weighted by atomic mass is 16.2. The molecule has 0 heterocycles. The third kappa shape index (κ3) is 2.62. The first-order valence-electron chi connectivity index (χ1n) is 7.54. The minimum Gasteiger partial charge on any atom is -0.267 e. The van der Waals surface area contributed by atoms with Crippen molar-refractivity contribution in [1.29, 1.82) is 0 Å². The van der Waals surface area contributed by atoms with Crippen molar-refractivity contribution in [3.05, 3.63) is 35.4 Å². The first-order valence-corrected chi connectivity index (χ1v) is 7.54. The smallest absolute Gasteiger partial charge is 0.267 e. The maximum atomic E-state index is 12.0. The van der Waals surface area contributed by atoms with Crippen LogP contribution < -0.4 is 5.43 Å². The van der Waals surface area contributed by atoms with Crippen LogP contribution >= 0.6 is 0 Å². The summed E-state index contributed by atoms with van der Waals surface area (Å²) < 4.78 is 0. The SMILES string of the molecule is CC(=NNC(=O)c1ccc(C)cc1)C1CC2CCC1C2. The van der Waals surface area contributed by atoms with Crippen molar-refractivity contribution in [2.24, 2.45) is 22.9 Å². The average Bonchev–Trinajstić information content (AvgIpc) is 3.08. The van der Waals surface area contributed by atoms with E-state index in [1.165, 1.54) is 25.7 Å². The quantitative estimate of drug-likeness (QED) is 0.662. The molecule has 1 aromatic carbocycles. The number of benzene rings is 1. The van der Waals surface area contributed by atoms with E-state index in [0.29, 0.717) is 11.5 Å². The van der Waals surface area contributed by atoms with Gasteiger partial charge in [0.15, 0.2) is 0 Å². The molecule has 1 amide bonds. The van der Waals surface area contributed by atoms with Crippen LogP contribution in [0.25, 0.3) is 0 Å². The fourth-order valence-electron chi connectivity index (χ4n) is 3.75. The average molecular weight is 270 g/mol. The lowest BCUT2D eigenvalue weighted by Gasteiger charge is -2.21. The van der Waals surface area contributed by atoms with Gasteiger partial charge in [0.2, 0.25) is 0 Å². The van der Waals surface area contributed by atoms with Gasteiger partial charge in [-0.05, 0) is 57.1 Å². The molecule has 3 heteroatoms. The Bertz CT molecular complexity index is 532. The Morgan fingerprint density at radius 2 is 1.95 bits per heavy atom. The highest BCUT2D eigenvalue weighted by Crippen LogP contribution is 2.48. The van der Waals surface area contributed by atoms with E-state index < -0.39 is 0 Å². The second kappa shape index (κ2) is 5.39. The number of hydrogen-bond donors (Lipinski definition) is 1. The predicted molar refractivity (Wildman–Crippen MR) is 80.7 cm³/mol. The van der Waals surface area contributed by atoms with Crippen molar-refractivity contribution in [1.82, 2.24) is 5.43 Å². The molecule has 0 radical (unpaired) electrons. The van der Waals surface area contributed by atoms with Gasteiger partial charge in [0, 0.05) is 17.2 Å². The van der Waals surface area contributed by atoms with E-state index in [-0.39, 0.29) is 5.91 Å². The molecule has 0 aliphatic heterocycles. The molecule has 2 bridgehead atoms. The van der Waals surface area contributed by atoms with Gasteiger partial charge in [0.05, 0.1) is 0 Å². The van der Waals surface area contributed by atoms with Crippen molar-refractivity contribution in [3.8, 4) is 0 Å². The number of nitrogens with zero attached hydrogens (tertiary/aromatic N) is 1. The molecule has 3 unspecified atom stereocenters. The Labute approximate surface area is 120 Å².